The monoisotopic (exact) mass is 465 g/mol. The zero-order valence-electron chi connectivity index (χ0n) is 18.1. The summed E-state index contributed by atoms with van der Waals surface area (Å²) < 4.78 is 1.68. The highest BCUT2D eigenvalue weighted by Crippen LogP contribution is 2.27. The smallest absolute Gasteiger partial charge is 0.307 e. The summed E-state index contributed by atoms with van der Waals surface area (Å²) in [5.74, 6) is -2.41. The lowest BCUT2D eigenvalue weighted by Crippen LogP contribution is -2.45. The number of hydrogen-bond donors (Lipinski definition) is 1. The van der Waals surface area contributed by atoms with Crippen LogP contribution in [0.25, 0.3) is 11.3 Å². The summed E-state index contributed by atoms with van der Waals surface area (Å²) in [4.78, 5) is 39.0. The summed E-state index contributed by atoms with van der Waals surface area (Å²) in [5, 5.41) is 14.8. The van der Waals surface area contributed by atoms with Gasteiger partial charge in [-0.15, -0.1) is 0 Å². The van der Waals surface area contributed by atoms with Gasteiger partial charge in [0.25, 0.3) is 5.91 Å². The van der Waals surface area contributed by atoms with Crippen molar-refractivity contribution in [3.8, 4) is 11.3 Å². The van der Waals surface area contributed by atoms with Crippen molar-refractivity contribution in [1.29, 1.82) is 0 Å². The van der Waals surface area contributed by atoms with Gasteiger partial charge in [-0.05, 0) is 37.1 Å². The van der Waals surface area contributed by atoms with Crippen molar-refractivity contribution in [2.45, 2.75) is 25.8 Å². The minimum absolute atomic E-state index is 0.119. The first-order valence-electron chi connectivity index (χ1n) is 10.7. The summed E-state index contributed by atoms with van der Waals surface area (Å²) in [6.07, 6.45) is 0.140. The Bertz CT molecular complexity index is 1170. The second kappa shape index (κ2) is 9.58. The van der Waals surface area contributed by atoms with Gasteiger partial charge in [0.2, 0.25) is 0 Å². The zero-order chi connectivity index (χ0) is 23.5. The first-order valence-corrected chi connectivity index (χ1v) is 11.1. The lowest BCUT2D eigenvalue weighted by molar-refractivity contribution is -0.143. The molecule has 0 fully saturated rings. The summed E-state index contributed by atoms with van der Waals surface area (Å²) in [6, 6.07) is 18.0. The Morgan fingerprint density at radius 2 is 1.85 bits per heavy atom. The van der Waals surface area contributed by atoms with E-state index in [1.165, 1.54) is 4.90 Å². The molecular weight excluding hydrogens is 442 g/mol. The Morgan fingerprint density at radius 1 is 1.15 bits per heavy atom. The van der Waals surface area contributed by atoms with Gasteiger partial charge in [0.1, 0.15) is 5.69 Å². The van der Waals surface area contributed by atoms with Crippen LogP contribution < -0.4 is 0 Å². The third-order valence-corrected chi connectivity index (χ3v) is 6.05. The van der Waals surface area contributed by atoms with E-state index >= 15 is 0 Å². The zero-order valence-corrected chi connectivity index (χ0v) is 18.9. The number of rotatable bonds is 8. The average molecular weight is 466 g/mol. The molecule has 170 valence electrons. The third kappa shape index (κ3) is 5.14. The van der Waals surface area contributed by atoms with Crippen LogP contribution in [0.3, 0.4) is 0 Å². The first-order chi connectivity index (χ1) is 15.8. The normalized spacial score (nSPS) is 16.4. The van der Waals surface area contributed by atoms with Gasteiger partial charge >= 0.3 is 5.97 Å². The number of aromatic nitrogens is 2. The fourth-order valence-corrected chi connectivity index (χ4v) is 4.25. The Labute approximate surface area is 196 Å². The molecule has 1 unspecified atom stereocenters. The number of amides is 1. The molecule has 2 atom stereocenters. The summed E-state index contributed by atoms with van der Waals surface area (Å²) in [5.41, 5.74) is 2.77. The highest BCUT2D eigenvalue weighted by molar-refractivity contribution is 6.30. The van der Waals surface area contributed by atoms with Crippen molar-refractivity contribution in [1.82, 2.24) is 14.7 Å². The minimum atomic E-state index is -1.02. The molecule has 1 aliphatic heterocycles. The van der Waals surface area contributed by atoms with Crippen molar-refractivity contribution in [3.05, 3.63) is 76.9 Å². The number of halogens is 1. The maximum atomic E-state index is 13.1. The van der Waals surface area contributed by atoms with Gasteiger partial charge in [-0.1, -0.05) is 54.1 Å². The van der Waals surface area contributed by atoms with Gasteiger partial charge < -0.3 is 10.0 Å². The summed E-state index contributed by atoms with van der Waals surface area (Å²) >= 11 is 5.96. The predicted octanol–water partition coefficient (Wildman–Crippen LogP) is 4.12. The van der Waals surface area contributed by atoms with Gasteiger partial charge in [-0.3, -0.25) is 19.1 Å². The number of benzene rings is 2. The van der Waals surface area contributed by atoms with E-state index in [9.17, 15) is 19.5 Å². The molecule has 0 spiro atoms. The third-order valence-electron chi connectivity index (χ3n) is 5.80. The van der Waals surface area contributed by atoms with E-state index in [0.717, 1.165) is 11.1 Å². The maximum Gasteiger partial charge on any atom is 0.307 e. The van der Waals surface area contributed by atoms with Gasteiger partial charge in [-0.2, -0.15) is 5.10 Å². The van der Waals surface area contributed by atoms with Gasteiger partial charge in [0.05, 0.1) is 24.2 Å². The molecule has 0 bridgehead atoms. The van der Waals surface area contributed by atoms with Crippen molar-refractivity contribution in [2.75, 3.05) is 13.1 Å². The van der Waals surface area contributed by atoms with E-state index in [4.69, 9.17) is 11.6 Å². The fourth-order valence-electron chi connectivity index (χ4n) is 4.13. The predicted molar refractivity (Wildman–Crippen MR) is 124 cm³/mol. The van der Waals surface area contributed by atoms with Crippen molar-refractivity contribution in [3.63, 3.8) is 0 Å². The Hall–Kier alpha value is -3.45. The largest absolute Gasteiger partial charge is 0.481 e. The molecule has 1 N–H and O–H groups in total. The number of carbonyl (C=O) groups excluding carboxylic acids is 2. The molecular formula is C25H24ClN3O4. The highest BCUT2D eigenvalue weighted by atomic mass is 35.5. The number of carboxylic acid groups (broad SMARTS) is 1. The molecule has 1 aromatic heterocycles. The molecule has 8 heteroatoms. The number of nitrogens with zero attached hydrogens (tertiary/aromatic N) is 3. The van der Waals surface area contributed by atoms with Crippen LogP contribution in [-0.4, -0.2) is 50.5 Å². The number of aliphatic carboxylic acids is 1. The van der Waals surface area contributed by atoms with E-state index in [1.807, 2.05) is 49.4 Å². The molecule has 2 aromatic carbocycles. The lowest BCUT2D eigenvalue weighted by Gasteiger charge is -2.31. The number of hydrogen-bond acceptors (Lipinski definition) is 4. The Kier molecular flexibility index (Phi) is 6.60. The van der Waals surface area contributed by atoms with Crippen LogP contribution in [0.15, 0.2) is 60.7 Å². The molecule has 0 saturated heterocycles. The fraction of sp³-hybridized carbons (Fsp3) is 0.280. The Balaban J connectivity index is 1.46. The standard InChI is InChI=1S/C25H24ClN3O4/c1-16-14-28(15-21(30)12-19(25(32)33)11-17-5-3-2-4-6-17)24(31)23-13-22(27-29(16)23)18-7-9-20(26)10-8-18/h2-10,13,16,19H,11-12,14-15H2,1H3,(H,32,33)/t16-,19?/m0/s1. The molecule has 33 heavy (non-hydrogen) atoms. The highest BCUT2D eigenvalue weighted by Gasteiger charge is 2.33. The first kappa shape index (κ1) is 22.7. The van der Waals surface area contributed by atoms with Crippen LogP contribution in [0, 0.1) is 5.92 Å². The van der Waals surface area contributed by atoms with E-state index in [2.05, 4.69) is 5.10 Å². The van der Waals surface area contributed by atoms with Crippen LogP contribution in [0.4, 0.5) is 0 Å². The van der Waals surface area contributed by atoms with Crippen LogP contribution in [0.5, 0.6) is 0 Å². The second-order valence-electron chi connectivity index (χ2n) is 8.37. The molecule has 1 aliphatic rings. The lowest BCUT2D eigenvalue weighted by atomic mass is 9.94. The molecule has 3 aromatic rings. The van der Waals surface area contributed by atoms with E-state index in [-0.39, 0.29) is 37.1 Å². The summed E-state index contributed by atoms with van der Waals surface area (Å²) in [7, 11) is 0. The molecule has 0 aliphatic carbocycles. The maximum absolute atomic E-state index is 13.1. The molecule has 7 nitrogen and oxygen atoms in total. The summed E-state index contributed by atoms with van der Waals surface area (Å²) in [6.45, 7) is 2.14. The van der Waals surface area contributed by atoms with E-state index in [0.29, 0.717) is 23.0 Å². The Morgan fingerprint density at radius 3 is 2.52 bits per heavy atom. The van der Waals surface area contributed by atoms with Crippen LogP contribution in [0.1, 0.15) is 35.4 Å². The van der Waals surface area contributed by atoms with Gasteiger partial charge in [0.15, 0.2) is 5.78 Å². The van der Waals surface area contributed by atoms with Crippen LogP contribution in [0.2, 0.25) is 5.02 Å². The van der Waals surface area contributed by atoms with Gasteiger partial charge in [0, 0.05) is 23.6 Å². The van der Waals surface area contributed by atoms with Crippen molar-refractivity contribution >= 4 is 29.3 Å². The van der Waals surface area contributed by atoms with E-state index in [1.54, 1.807) is 22.9 Å². The topological polar surface area (TPSA) is 92.5 Å². The van der Waals surface area contributed by atoms with Crippen LogP contribution >= 0.6 is 11.6 Å². The van der Waals surface area contributed by atoms with Crippen molar-refractivity contribution < 1.29 is 19.5 Å². The van der Waals surface area contributed by atoms with E-state index < -0.39 is 11.9 Å². The number of Topliss-reactive ketones (excluding diaryl/α,β-unsaturated/α-hetero) is 1. The quantitative estimate of drug-likeness (QED) is 0.540. The molecule has 4 rings (SSSR count). The van der Waals surface area contributed by atoms with Gasteiger partial charge in [-0.25, -0.2) is 0 Å². The van der Waals surface area contributed by atoms with Crippen molar-refractivity contribution in [2.24, 2.45) is 5.92 Å². The minimum Gasteiger partial charge on any atom is -0.481 e. The number of ketones is 1. The molecule has 2 heterocycles. The molecule has 0 saturated carbocycles. The average Bonchev–Trinajstić information content (AvgIpc) is 3.24. The number of fused-ring (bicyclic) bond motifs is 1. The molecule has 0 radical (unpaired) electrons. The number of carboxylic acids is 1. The number of carbonyl (C=O) groups is 3. The molecule has 1 amide bonds. The van der Waals surface area contributed by atoms with Crippen LogP contribution in [-0.2, 0) is 16.0 Å². The SMILES string of the molecule is C[C@H]1CN(CC(=O)CC(Cc2ccccc2)C(=O)O)C(=O)c2cc(-c3ccc(Cl)cc3)nn21. The second-order valence-corrected chi connectivity index (χ2v) is 8.81.